The Bertz CT molecular complexity index is 1910. The Hall–Kier alpha value is -5.13. The number of hydrogen-bond acceptors (Lipinski definition) is 6. The van der Waals surface area contributed by atoms with E-state index in [2.05, 4.69) is 31.0 Å². The van der Waals surface area contributed by atoms with E-state index in [1.165, 1.54) is 30.3 Å². The number of halogens is 2. The van der Waals surface area contributed by atoms with Crippen LogP contribution in [0.1, 0.15) is 40.7 Å². The summed E-state index contributed by atoms with van der Waals surface area (Å²) in [6.45, 7) is 9.55. The van der Waals surface area contributed by atoms with E-state index in [-0.39, 0.29) is 17.3 Å². The third kappa shape index (κ3) is 5.94. The third-order valence-corrected chi connectivity index (χ3v) is 6.79. The number of nitrogens with one attached hydrogen (secondary N) is 3. The SMILES string of the molecule is CNc1ncc2cc(-c3ccc(F)c(NC(=O)Nc4cn(C(C)(C)C)nc4-c4cccc(F)c4)c3)c(=O)n(C(C)C)c2n1. The van der Waals surface area contributed by atoms with Gasteiger partial charge in [-0.1, -0.05) is 18.2 Å². The Morgan fingerprint density at radius 3 is 2.40 bits per heavy atom. The average molecular weight is 587 g/mol. The van der Waals surface area contributed by atoms with E-state index < -0.39 is 23.2 Å². The normalized spacial score (nSPS) is 11.7. The second-order valence-corrected chi connectivity index (χ2v) is 11.3. The van der Waals surface area contributed by atoms with Gasteiger partial charge in [-0.2, -0.15) is 10.1 Å². The molecule has 5 aromatic rings. The summed E-state index contributed by atoms with van der Waals surface area (Å²) in [6, 6.07) is 10.6. The van der Waals surface area contributed by atoms with E-state index in [1.807, 2.05) is 34.6 Å². The van der Waals surface area contributed by atoms with Gasteiger partial charge in [0.25, 0.3) is 5.56 Å². The Kier molecular flexibility index (Phi) is 7.70. The number of fused-ring (bicyclic) bond motifs is 1. The van der Waals surface area contributed by atoms with Gasteiger partial charge in [0.1, 0.15) is 23.0 Å². The second-order valence-electron chi connectivity index (χ2n) is 11.3. The molecule has 0 bridgehead atoms. The van der Waals surface area contributed by atoms with Crippen molar-refractivity contribution in [3.8, 4) is 22.4 Å². The van der Waals surface area contributed by atoms with Crippen LogP contribution in [-0.4, -0.2) is 37.4 Å². The van der Waals surface area contributed by atoms with Crippen LogP contribution in [-0.2, 0) is 5.54 Å². The maximum atomic E-state index is 15.0. The largest absolute Gasteiger partial charge is 0.357 e. The van der Waals surface area contributed by atoms with Crippen molar-refractivity contribution in [2.75, 3.05) is 23.0 Å². The van der Waals surface area contributed by atoms with Crippen molar-refractivity contribution < 1.29 is 13.6 Å². The van der Waals surface area contributed by atoms with Crippen LogP contribution in [0.2, 0.25) is 0 Å². The van der Waals surface area contributed by atoms with E-state index in [1.54, 1.807) is 46.9 Å². The number of aromatic nitrogens is 5. The maximum Gasteiger partial charge on any atom is 0.323 e. The average Bonchev–Trinajstić information content (AvgIpc) is 3.37. The number of benzene rings is 2. The number of amides is 2. The summed E-state index contributed by atoms with van der Waals surface area (Å²) in [6.07, 6.45) is 3.25. The minimum Gasteiger partial charge on any atom is -0.357 e. The number of urea groups is 1. The smallest absolute Gasteiger partial charge is 0.323 e. The van der Waals surface area contributed by atoms with Crippen LogP contribution in [0, 0.1) is 11.6 Å². The van der Waals surface area contributed by atoms with Crippen LogP contribution < -0.4 is 21.5 Å². The first-order valence-electron chi connectivity index (χ1n) is 13.7. The molecular formula is C31H32F2N8O2. The number of hydrogen-bond donors (Lipinski definition) is 3. The standard InChI is InChI=1S/C31H32F2N8O2/c1-17(2)41-27-20(15-35-29(34-6)38-27)13-22(28(41)42)18-10-11-23(33)24(14-18)36-30(43)37-25-16-40(31(3,4)5)39-26(25)19-8-7-9-21(32)12-19/h7-17H,1-6H3,(H,34,35,38)(H2,36,37,43). The van der Waals surface area contributed by atoms with Gasteiger partial charge in [-0.3, -0.25) is 14.0 Å². The molecule has 0 fully saturated rings. The molecule has 0 aliphatic heterocycles. The molecule has 222 valence electrons. The van der Waals surface area contributed by atoms with Crippen LogP contribution in [0.4, 0.5) is 30.9 Å². The molecule has 0 unspecified atom stereocenters. The van der Waals surface area contributed by atoms with Crippen molar-refractivity contribution in [1.29, 1.82) is 0 Å². The van der Waals surface area contributed by atoms with Gasteiger partial charge in [-0.15, -0.1) is 0 Å². The van der Waals surface area contributed by atoms with Crippen LogP contribution in [0.15, 0.2) is 65.7 Å². The molecule has 3 N–H and O–H groups in total. The molecule has 3 aromatic heterocycles. The molecular weight excluding hydrogens is 554 g/mol. The first-order chi connectivity index (χ1) is 20.3. The molecule has 2 aromatic carbocycles. The fourth-order valence-corrected chi connectivity index (χ4v) is 4.65. The molecule has 12 heteroatoms. The molecule has 3 heterocycles. The van der Waals surface area contributed by atoms with E-state index >= 15 is 0 Å². The molecule has 0 radical (unpaired) electrons. The predicted molar refractivity (Wildman–Crippen MR) is 164 cm³/mol. The lowest BCUT2D eigenvalue weighted by atomic mass is 10.0. The van der Waals surface area contributed by atoms with E-state index in [9.17, 15) is 18.4 Å². The van der Waals surface area contributed by atoms with Crippen LogP contribution >= 0.6 is 0 Å². The maximum absolute atomic E-state index is 15.0. The summed E-state index contributed by atoms with van der Waals surface area (Å²) < 4.78 is 32.2. The van der Waals surface area contributed by atoms with Gasteiger partial charge in [-0.05, 0) is 70.5 Å². The van der Waals surface area contributed by atoms with Gasteiger partial charge in [0.2, 0.25) is 5.95 Å². The van der Waals surface area contributed by atoms with Gasteiger partial charge in [0.15, 0.2) is 0 Å². The Morgan fingerprint density at radius 2 is 1.72 bits per heavy atom. The first-order valence-corrected chi connectivity index (χ1v) is 13.7. The topological polar surface area (TPSA) is 119 Å². The number of pyridine rings is 1. The Labute approximate surface area is 246 Å². The number of anilines is 3. The minimum atomic E-state index is -0.742. The van der Waals surface area contributed by atoms with Gasteiger partial charge in [0.05, 0.1) is 16.9 Å². The molecule has 43 heavy (non-hydrogen) atoms. The fourth-order valence-electron chi connectivity index (χ4n) is 4.65. The van der Waals surface area contributed by atoms with E-state index in [4.69, 9.17) is 0 Å². The zero-order valence-electron chi connectivity index (χ0n) is 24.7. The Balaban J connectivity index is 1.50. The van der Waals surface area contributed by atoms with Crippen LogP contribution in [0.3, 0.4) is 0 Å². The van der Waals surface area contributed by atoms with Gasteiger partial charge >= 0.3 is 6.03 Å². The molecule has 0 aliphatic carbocycles. The second kappa shape index (κ2) is 11.3. The highest BCUT2D eigenvalue weighted by Crippen LogP contribution is 2.31. The minimum absolute atomic E-state index is 0.136. The zero-order valence-corrected chi connectivity index (χ0v) is 24.7. The lowest BCUT2D eigenvalue weighted by Crippen LogP contribution is -2.25. The summed E-state index contributed by atoms with van der Waals surface area (Å²) in [7, 11) is 1.69. The van der Waals surface area contributed by atoms with Gasteiger partial charge in [0, 0.05) is 42.0 Å². The summed E-state index contributed by atoms with van der Waals surface area (Å²) in [4.78, 5) is 35.5. The predicted octanol–water partition coefficient (Wildman–Crippen LogP) is 6.62. The zero-order chi connectivity index (χ0) is 31.1. The van der Waals surface area contributed by atoms with Crippen molar-refractivity contribution in [3.05, 3.63) is 82.9 Å². The lowest BCUT2D eigenvalue weighted by molar-refractivity contribution is 0.262. The summed E-state index contributed by atoms with van der Waals surface area (Å²) in [5, 5.41) is 13.3. The molecule has 0 saturated heterocycles. The highest BCUT2D eigenvalue weighted by Gasteiger charge is 2.22. The van der Waals surface area contributed by atoms with Crippen LogP contribution in [0.25, 0.3) is 33.4 Å². The fraction of sp³-hybridized carbons (Fsp3) is 0.258. The summed E-state index contributed by atoms with van der Waals surface area (Å²) >= 11 is 0. The quantitative estimate of drug-likeness (QED) is 0.206. The van der Waals surface area contributed by atoms with Gasteiger partial charge < -0.3 is 16.0 Å². The molecule has 0 atom stereocenters. The molecule has 10 nitrogen and oxygen atoms in total. The van der Waals surface area contributed by atoms with E-state index in [0.717, 1.165) is 0 Å². The van der Waals surface area contributed by atoms with E-state index in [0.29, 0.717) is 45.1 Å². The molecule has 5 rings (SSSR count). The van der Waals surface area contributed by atoms with Crippen molar-refractivity contribution in [1.82, 2.24) is 24.3 Å². The number of rotatable bonds is 6. The third-order valence-electron chi connectivity index (χ3n) is 6.79. The highest BCUT2D eigenvalue weighted by atomic mass is 19.1. The van der Waals surface area contributed by atoms with Crippen LogP contribution in [0.5, 0.6) is 0 Å². The molecule has 0 spiro atoms. The number of carbonyl (C=O) groups excluding carboxylic acids is 1. The Morgan fingerprint density at radius 1 is 0.977 bits per heavy atom. The molecule has 2 amide bonds. The first kappa shape index (κ1) is 29.4. The highest BCUT2D eigenvalue weighted by molar-refractivity contribution is 6.02. The van der Waals surface area contributed by atoms with Crippen molar-refractivity contribution in [2.24, 2.45) is 0 Å². The van der Waals surface area contributed by atoms with Crippen molar-refractivity contribution in [2.45, 2.75) is 46.2 Å². The molecule has 0 saturated carbocycles. The number of nitrogens with zero attached hydrogens (tertiary/aromatic N) is 5. The monoisotopic (exact) mass is 586 g/mol. The number of carbonyl (C=O) groups is 1. The summed E-state index contributed by atoms with van der Waals surface area (Å²) in [5.74, 6) is -0.764. The lowest BCUT2D eigenvalue weighted by Gasteiger charge is -2.18. The molecule has 0 aliphatic rings. The van der Waals surface area contributed by atoms with Gasteiger partial charge in [-0.25, -0.2) is 18.6 Å². The van der Waals surface area contributed by atoms with Crippen molar-refractivity contribution >= 4 is 34.4 Å². The van der Waals surface area contributed by atoms with Crippen molar-refractivity contribution in [3.63, 3.8) is 0 Å². The summed E-state index contributed by atoms with van der Waals surface area (Å²) in [5.41, 5.74) is 1.41.